The van der Waals surface area contributed by atoms with Gasteiger partial charge in [-0.3, -0.25) is 4.79 Å². The lowest BCUT2D eigenvalue weighted by molar-refractivity contribution is -0.142. The lowest BCUT2D eigenvalue weighted by atomic mass is 9.90. The molecule has 0 saturated heterocycles. The van der Waals surface area contributed by atoms with Gasteiger partial charge in [-0.25, -0.2) is 8.78 Å². The second-order valence-corrected chi connectivity index (χ2v) is 4.75. The van der Waals surface area contributed by atoms with Crippen LogP contribution in [0.1, 0.15) is 22.6 Å². The summed E-state index contributed by atoms with van der Waals surface area (Å²) in [5, 5.41) is 0. The van der Waals surface area contributed by atoms with E-state index in [2.05, 4.69) is 4.74 Å². The first kappa shape index (κ1) is 16.9. The van der Waals surface area contributed by atoms with Crippen LogP contribution >= 0.6 is 0 Å². The van der Waals surface area contributed by atoms with E-state index in [1.54, 1.807) is 0 Å². The Morgan fingerprint density at radius 3 is 2.26 bits per heavy atom. The number of ether oxygens (including phenoxy) is 1. The van der Waals surface area contributed by atoms with E-state index in [0.717, 1.165) is 25.3 Å². The lowest BCUT2D eigenvalue weighted by Crippen LogP contribution is -2.17. The number of halogens is 5. The molecule has 1 atom stereocenters. The van der Waals surface area contributed by atoms with Crippen LogP contribution in [-0.2, 0) is 15.7 Å². The van der Waals surface area contributed by atoms with Crippen LogP contribution in [0.4, 0.5) is 22.0 Å². The van der Waals surface area contributed by atoms with Crippen molar-refractivity contribution in [3.8, 4) is 0 Å². The van der Waals surface area contributed by atoms with E-state index in [1.165, 1.54) is 12.1 Å². The maximum Gasteiger partial charge on any atom is 0.419 e. The topological polar surface area (TPSA) is 26.3 Å². The number of rotatable bonds is 3. The third kappa shape index (κ3) is 3.67. The summed E-state index contributed by atoms with van der Waals surface area (Å²) in [4.78, 5) is 12.0. The molecule has 2 rings (SSSR count). The van der Waals surface area contributed by atoms with E-state index in [9.17, 15) is 26.7 Å². The molecule has 23 heavy (non-hydrogen) atoms. The van der Waals surface area contributed by atoms with Gasteiger partial charge in [0.05, 0.1) is 12.7 Å². The molecule has 0 aliphatic rings. The number of hydrogen-bond donors (Lipinski definition) is 0. The van der Waals surface area contributed by atoms with Gasteiger partial charge in [-0.05, 0) is 35.4 Å². The number of benzene rings is 2. The van der Waals surface area contributed by atoms with Gasteiger partial charge < -0.3 is 4.74 Å². The number of carbonyl (C=O) groups excluding carboxylic acids is 1. The van der Waals surface area contributed by atoms with Crippen molar-refractivity contribution in [3.63, 3.8) is 0 Å². The Balaban J connectivity index is 2.59. The van der Waals surface area contributed by atoms with E-state index >= 15 is 0 Å². The maximum atomic E-state index is 13.4. The van der Waals surface area contributed by atoms with Gasteiger partial charge in [0.15, 0.2) is 0 Å². The van der Waals surface area contributed by atoms with Crippen molar-refractivity contribution in [3.05, 3.63) is 70.8 Å². The summed E-state index contributed by atoms with van der Waals surface area (Å²) < 4.78 is 69.8. The number of esters is 1. The van der Waals surface area contributed by atoms with Crippen molar-refractivity contribution in [2.24, 2.45) is 0 Å². The van der Waals surface area contributed by atoms with Crippen molar-refractivity contribution in [1.82, 2.24) is 0 Å². The molecule has 0 aliphatic carbocycles. The van der Waals surface area contributed by atoms with Crippen LogP contribution in [0.2, 0.25) is 0 Å². The van der Waals surface area contributed by atoms with Crippen LogP contribution in [0.15, 0.2) is 42.5 Å². The summed E-state index contributed by atoms with van der Waals surface area (Å²) in [7, 11) is 1.06. The normalized spacial score (nSPS) is 12.8. The molecule has 2 nitrogen and oxygen atoms in total. The summed E-state index contributed by atoms with van der Waals surface area (Å²) in [6.07, 6.45) is -4.91. The standard InChI is InChI=1S/C16H11F5O2/c1-23-15(22)14(9-3-2-4-11(17)7-9)10-5-6-13(18)12(8-10)16(19,20)21/h2-8,14H,1H3. The number of methoxy groups -OCH3 is 1. The van der Waals surface area contributed by atoms with Crippen molar-refractivity contribution in [2.75, 3.05) is 7.11 Å². The molecule has 122 valence electrons. The van der Waals surface area contributed by atoms with E-state index in [4.69, 9.17) is 0 Å². The number of hydrogen-bond acceptors (Lipinski definition) is 2. The second-order valence-electron chi connectivity index (χ2n) is 4.75. The molecule has 0 N–H and O–H groups in total. The highest BCUT2D eigenvalue weighted by atomic mass is 19.4. The second kappa shape index (κ2) is 6.36. The average Bonchev–Trinajstić information content (AvgIpc) is 2.48. The molecule has 0 amide bonds. The van der Waals surface area contributed by atoms with Gasteiger partial charge >= 0.3 is 12.1 Å². The van der Waals surface area contributed by atoms with Gasteiger partial charge in [0.25, 0.3) is 0 Å². The molecule has 0 bridgehead atoms. The first-order chi connectivity index (χ1) is 10.7. The minimum atomic E-state index is -4.91. The van der Waals surface area contributed by atoms with Crippen LogP contribution in [0.5, 0.6) is 0 Å². The van der Waals surface area contributed by atoms with Crippen LogP contribution in [0, 0.1) is 11.6 Å². The summed E-state index contributed by atoms with van der Waals surface area (Å²) in [5.41, 5.74) is -1.53. The Kier molecular flexibility index (Phi) is 4.68. The molecule has 0 spiro atoms. The minimum absolute atomic E-state index is 0.108. The van der Waals surface area contributed by atoms with Crippen molar-refractivity contribution >= 4 is 5.97 Å². The van der Waals surface area contributed by atoms with Gasteiger partial charge in [-0.1, -0.05) is 18.2 Å². The quantitative estimate of drug-likeness (QED) is 0.620. The minimum Gasteiger partial charge on any atom is -0.468 e. The highest BCUT2D eigenvalue weighted by Gasteiger charge is 2.35. The largest absolute Gasteiger partial charge is 0.468 e. The Labute approximate surface area is 128 Å². The zero-order chi connectivity index (χ0) is 17.2. The molecule has 0 fully saturated rings. The molecule has 0 aromatic heterocycles. The molecule has 0 radical (unpaired) electrons. The smallest absolute Gasteiger partial charge is 0.419 e. The van der Waals surface area contributed by atoms with E-state index in [0.29, 0.717) is 12.1 Å². The lowest BCUT2D eigenvalue weighted by Gasteiger charge is -2.17. The van der Waals surface area contributed by atoms with Gasteiger partial charge in [-0.2, -0.15) is 13.2 Å². The number of alkyl halides is 3. The van der Waals surface area contributed by atoms with Crippen LogP contribution in [0.3, 0.4) is 0 Å². The Hall–Kier alpha value is -2.44. The molecule has 2 aromatic rings. The third-order valence-corrected chi connectivity index (χ3v) is 3.25. The average molecular weight is 330 g/mol. The van der Waals surface area contributed by atoms with Crippen molar-refractivity contribution in [1.29, 1.82) is 0 Å². The zero-order valence-electron chi connectivity index (χ0n) is 11.8. The first-order valence-electron chi connectivity index (χ1n) is 6.44. The molecule has 0 saturated carbocycles. The fourth-order valence-electron chi connectivity index (χ4n) is 2.21. The first-order valence-corrected chi connectivity index (χ1v) is 6.44. The summed E-state index contributed by atoms with van der Waals surface area (Å²) in [6, 6.07) is 7.02. The molecule has 1 unspecified atom stereocenters. The Bertz CT molecular complexity index is 725. The van der Waals surface area contributed by atoms with Gasteiger partial charge in [-0.15, -0.1) is 0 Å². The van der Waals surface area contributed by atoms with Crippen molar-refractivity contribution < 1.29 is 31.5 Å². The van der Waals surface area contributed by atoms with Crippen LogP contribution in [-0.4, -0.2) is 13.1 Å². The Morgan fingerprint density at radius 1 is 1.04 bits per heavy atom. The monoisotopic (exact) mass is 330 g/mol. The SMILES string of the molecule is COC(=O)C(c1cccc(F)c1)c1ccc(F)c(C(F)(F)F)c1. The molecular weight excluding hydrogens is 319 g/mol. The van der Waals surface area contributed by atoms with Crippen molar-refractivity contribution in [2.45, 2.75) is 12.1 Å². The van der Waals surface area contributed by atoms with E-state index in [1.807, 2.05) is 0 Å². The summed E-state index contributed by atoms with van der Waals surface area (Å²) in [5.74, 6) is -4.29. The van der Waals surface area contributed by atoms with Crippen LogP contribution < -0.4 is 0 Å². The molecule has 7 heteroatoms. The fraction of sp³-hybridized carbons (Fsp3) is 0.188. The maximum absolute atomic E-state index is 13.4. The summed E-state index contributed by atoms with van der Waals surface area (Å²) in [6.45, 7) is 0. The number of carbonyl (C=O) groups is 1. The molecular formula is C16H11F5O2. The molecule has 0 heterocycles. The molecule has 0 aliphatic heterocycles. The summed E-state index contributed by atoms with van der Waals surface area (Å²) >= 11 is 0. The molecule has 2 aromatic carbocycles. The van der Waals surface area contributed by atoms with Gasteiger partial charge in [0.1, 0.15) is 17.6 Å². The third-order valence-electron chi connectivity index (χ3n) is 3.25. The van der Waals surface area contributed by atoms with Gasteiger partial charge in [0.2, 0.25) is 0 Å². The highest BCUT2D eigenvalue weighted by molar-refractivity contribution is 5.82. The van der Waals surface area contributed by atoms with E-state index < -0.39 is 35.3 Å². The fourth-order valence-corrected chi connectivity index (χ4v) is 2.21. The zero-order valence-corrected chi connectivity index (χ0v) is 11.8. The van der Waals surface area contributed by atoms with E-state index in [-0.39, 0.29) is 11.1 Å². The van der Waals surface area contributed by atoms with Gasteiger partial charge in [0, 0.05) is 0 Å². The predicted molar refractivity (Wildman–Crippen MR) is 71.7 cm³/mol. The Morgan fingerprint density at radius 2 is 1.70 bits per heavy atom. The van der Waals surface area contributed by atoms with Crippen LogP contribution in [0.25, 0.3) is 0 Å². The predicted octanol–water partition coefficient (Wildman–Crippen LogP) is 4.29. The highest BCUT2D eigenvalue weighted by Crippen LogP contribution is 2.35.